The minimum atomic E-state index is -0.484. The Hall–Kier alpha value is -2.84. The molecule has 3 N–H and O–H groups in total. The van der Waals surface area contributed by atoms with E-state index in [9.17, 15) is 19.7 Å². The molecule has 0 unspecified atom stereocenters. The summed E-state index contributed by atoms with van der Waals surface area (Å²) >= 11 is 0. The number of nitro groups is 1. The van der Waals surface area contributed by atoms with E-state index < -0.39 is 4.92 Å². The third-order valence-corrected chi connectivity index (χ3v) is 5.39. The molecule has 0 bridgehead atoms. The van der Waals surface area contributed by atoms with Crippen LogP contribution in [0.4, 0.5) is 21.0 Å². The molecule has 2 aliphatic rings. The van der Waals surface area contributed by atoms with Gasteiger partial charge in [-0.05, 0) is 37.8 Å². The maximum atomic E-state index is 12.4. The van der Waals surface area contributed by atoms with Crippen molar-refractivity contribution in [2.75, 3.05) is 18.4 Å². The summed E-state index contributed by atoms with van der Waals surface area (Å²) in [5.74, 6) is 0. The first-order valence-electron chi connectivity index (χ1n) is 9.88. The van der Waals surface area contributed by atoms with Crippen molar-refractivity contribution in [1.82, 2.24) is 15.5 Å². The molecule has 152 valence electrons. The first-order valence-corrected chi connectivity index (χ1v) is 9.88. The fourth-order valence-corrected chi connectivity index (χ4v) is 3.76. The predicted molar refractivity (Wildman–Crippen MR) is 105 cm³/mol. The number of benzene rings is 1. The SMILES string of the molecule is O=C(Nc1ccc([N+](=O)[O-])cc1)NC1CCN(C(=O)NC2CCCCC2)CC1. The van der Waals surface area contributed by atoms with Gasteiger partial charge in [-0.15, -0.1) is 0 Å². The number of urea groups is 2. The molecule has 1 aliphatic heterocycles. The molecule has 1 aliphatic carbocycles. The van der Waals surface area contributed by atoms with Gasteiger partial charge in [-0.3, -0.25) is 10.1 Å². The Labute approximate surface area is 164 Å². The second-order valence-corrected chi connectivity index (χ2v) is 7.45. The number of hydrogen-bond donors (Lipinski definition) is 3. The fourth-order valence-electron chi connectivity index (χ4n) is 3.76. The molecule has 9 nitrogen and oxygen atoms in total. The Balaban J connectivity index is 1.39. The molecule has 1 aromatic carbocycles. The van der Waals surface area contributed by atoms with E-state index in [4.69, 9.17) is 0 Å². The molecule has 4 amide bonds. The van der Waals surface area contributed by atoms with Crippen LogP contribution in [-0.4, -0.2) is 47.1 Å². The van der Waals surface area contributed by atoms with Gasteiger partial charge in [0, 0.05) is 43.0 Å². The molecule has 2 fully saturated rings. The van der Waals surface area contributed by atoms with Crippen LogP contribution in [0.5, 0.6) is 0 Å². The quantitative estimate of drug-likeness (QED) is 0.541. The largest absolute Gasteiger partial charge is 0.335 e. The van der Waals surface area contributed by atoms with E-state index in [-0.39, 0.29) is 23.8 Å². The maximum Gasteiger partial charge on any atom is 0.319 e. The molecule has 1 heterocycles. The van der Waals surface area contributed by atoms with Crippen molar-refractivity contribution in [2.45, 2.75) is 57.0 Å². The average Bonchev–Trinajstić information content (AvgIpc) is 2.69. The highest BCUT2D eigenvalue weighted by Crippen LogP contribution is 2.19. The number of carbonyl (C=O) groups is 2. The van der Waals surface area contributed by atoms with Crippen LogP contribution in [0.2, 0.25) is 0 Å². The van der Waals surface area contributed by atoms with Crippen LogP contribution in [0.3, 0.4) is 0 Å². The fraction of sp³-hybridized carbons (Fsp3) is 0.579. The summed E-state index contributed by atoms with van der Waals surface area (Å²) in [7, 11) is 0. The van der Waals surface area contributed by atoms with E-state index in [1.54, 1.807) is 0 Å². The van der Waals surface area contributed by atoms with Gasteiger partial charge in [-0.25, -0.2) is 9.59 Å². The van der Waals surface area contributed by atoms with Crippen LogP contribution in [0.1, 0.15) is 44.9 Å². The molecule has 1 aromatic rings. The van der Waals surface area contributed by atoms with Crippen LogP contribution < -0.4 is 16.0 Å². The van der Waals surface area contributed by atoms with Crippen molar-refractivity contribution in [3.8, 4) is 0 Å². The Bertz CT molecular complexity index is 695. The second-order valence-electron chi connectivity index (χ2n) is 7.45. The van der Waals surface area contributed by atoms with Gasteiger partial charge in [0.25, 0.3) is 5.69 Å². The summed E-state index contributed by atoms with van der Waals surface area (Å²) in [4.78, 5) is 36.5. The lowest BCUT2D eigenvalue weighted by Gasteiger charge is -2.34. The lowest BCUT2D eigenvalue weighted by Crippen LogP contribution is -2.52. The molecule has 1 saturated heterocycles. The van der Waals surface area contributed by atoms with Crippen molar-refractivity contribution in [2.24, 2.45) is 0 Å². The summed E-state index contributed by atoms with van der Waals surface area (Å²) < 4.78 is 0. The molecule has 0 radical (unpaired) electrons. The number of carbonyl (C=O) groups excluding carboxylic acids is 2. The van der Waals surface area contributed by atoms with E-state index in [1.165, 1.54) is 43.5 Å². The standard InChI is InChI=1S/C19H27N5O4/c25-18(20-15-6-8-17(9-7-15)24(27)28)21-16-10-12-23(13-11-16)19(26)22-14-4-2-1-3-5-14/h6-9,14,16H,1-5,10-13H2,(H,22,26)(H2,20,21,25). The Morgan fingerprint density at radius 1 is 0.929 bits per heavy atom. The number of nitrogens with one attached hydrogen (secondary N) is 3. The molecular formula is C19H27N5O4. The third-order valence-electron chi connectivity index (χ3n) is 5.39. The van der Waals surface area contributed by atoms with Gasteiger partial charge in [0.1, 0.15) is 0 Å². The topological polar surface area (TPSA) is 117 Å². The van der Waals surface area contributed by atoms with Crippen molar-refractivity contribution < 1.29 is 14.5 Å². The molecule has 0 atom stereocenters. The zero-order valence-electron chi connectivity index (χ0n) is 15.9. The minimum absolute atomic E-state index is 0.000631. The van der Waals surface area contributed by atoms with Crippen LogP contribution >= 0.6 is 0 Å². The summed E-state index contributed by atoms with van der Waals surface area (Å²) in [5, 5.41) is 19.4. The normalized spacial score (nSPS) is 18.4. The monoisotopic (exact) mass is 389 g/mol. The van der Waals surface area contributed by atoms with Gasteiger partial charge in [-0.2, -0.15) is 0 Å². The van der Waals surface area contributed by atoms with E-state index in [0.717, 1.165) is 12.8 Å². The highest BCUT2D eigenvalue weighted by atomic mass is 16.6. The maximum absolute atomic E-state index is 12.4. The van der Waals surface area contributed by atoms with Gasteiger partial charge in [0.15, 0.2) is 0 Å². The second kappa shape index (κ2) is 9.38. The summed E-state index contributed by atoms with van der Waals surface area (Å²) in [6.45, 7) is 1.22. The van der Waals surface area contributed by atoms with Gasteiger partial charge in [0.05, 0.1) is 4.92 Å². The number of amides is 4. The molecular weight excluding hydrogens is 362 g/mol. The van der Waals surface area contributed by atoms with Gasteiger partial charge in [0.2, 0.25) is 0 Å². The smallest absolute Gasteiger partial charge is 0.319 e. The molecule has 1 saturated carbocycles. The lowest BCUT2D eigenvalue weighted by molar-refractivity contribution is -0.384. The summed E-state index contributed by atoms with van der Waals surface area (Å²) in [6.07, 6.45) is 7.14. The highest BCUT2D eigenvalue weighted by molar-refractivity contribution is 5.89. The number of anilines is 1. The van der Waals surface area contributed by atoms with Crippen LogP contribution in [0, 0.1) is 10.1 Å². The number of likely N-dealkylation sites (tertiary alicyclic amines) is 1. The Morgan fingerprint density at radius 2 is 1.54 bits per heavy atom. The van der Waals surface area contributed by atoms with Gasteiger partial charge >= 0.3 is 12.1 Å². The van der Waals surface area contributed by atoms with Crippen molar-refractivity contribution >= 4 is 23.4 Å². The first kappa shape index (κ1) is 19.9. The Kier molecular flexibility index (Phi) is 6.67. The number of piperidine rings is 1. The van der Waals surface area contributed by atoms with Gasteiger partial charge in [-0.1, -0.05) is 19.3 Å². The molecule has 28 heavy (non-hydrogen) atoms. The molecule has 0 aromatic heterocycles. The molecule has 0 spiro atoms. The van der Waals surface area contributed by atoms with Crippen LogP contribution in [-0.2, 0) is 0 Å². The number of nitro benzene ring substituents is 1. The number of rotatable bonds is 4. The predicted octanol–water partition coefficient (Wildman–Crippen LogP) is 3.22. The van der Waals surface area contributed by atoms with Crippen molar-refractivity contribution in [1.29, 1.82) is 0 Å². The van der Waals surface area contributed by atoms with E-state index >= 15 is 0 Å². The molecule has 3 rings (SSSR count). The summed E-state index contributed by atoms with van der Waals surface area (Å²) in [5.41, 5.74) is 0.470. The van der Waals surface area contributed by atoms with Crippen LogP contribution in [0.15, 0.2) is 24.3 Å². The first-order chi connectivity index (χ1) is 13.5. The number of nitrogens with zero attached hydrogens (tertiary/aromatic N) is 2. The summed E-state index contributed by atoms with van der Waals surface area (Å²) in [6, 6.07) is 5.63. The third kappa shape index (κ3) is 5.58. The average molecular weight is 389 g/mol. The highest BCUT2D eigenvalue weighted by Gasteiger charge is 2.25. The van der Waals surface area contributed by atoms with E-state index in [1.807, 2.05) is 4.90 Å². The zero-order valence-corrected chi connectivity index (χ0v) is 15.9. The molecule has 9 heteroatoms. The van der Waals surface area contributed by atoms with Crippen molar-refractivity contribution in [3.63, 3.8) is 0 Å². The van der Waals surface area contributed by atoms with E-state index in [2.05, 4.69) is 16.0 Å². The van der Waals surface area contributed by atoms with Gasteiger partial charge < -0.3 is 20.9 Å². The number of hydrogen-bond acceptors (Lipinski definition) is 4. The zero-order chi connectivity index (χ0) is 19.9. The van der Waals surface area contributed by atoms with Crippen LogP contribution in [0.25, 0.3) is 0 Å². The minimum Gasteiger partial charge on any atom is -0.335 e. The van der Waals surface area contributed by atoms with Crippen molar-refractivity contribution in [3.05, 3.63) is 34.4 Å². The number of non-ortho nitro benzene ring substituents is 1. The lowest BCUT2D eigenvalue weighted by atomic mass is 9.95. The Morgan fingerprint density at radius 3 is 2.14 bits per heavy atom. The van der Waals surface area contributed by atoms with E-state index in [0.29, 0.717) is 37.7 Å².